The standard InChI is InChI=1S/C18H23N3O2/c19-15(18(22)23)9-13-12-3-1-2-4-16(12)20-17(13)14-10-21-7-5-11(14)6-8-21/h1-4,11,14-15,20H,5-10,19H2,(H,22,23). The molecular weight excluding hydrogens is 290 g/mol. The molecule has 0 radical (unpaired) electrons. The van der Waals surface area contributed by atoms with Crippen molar-refractivity contribution in [3.8, 4) is 0 Å². The van der Waals surface area contributed by atoms with Gasteiger partial charge in [0.2, 0.25) is 0 Å². The summed E-state index contributed by atoms with van der Waals surface area (Å²) in [6, 6.07) is 7.30. The maximum Gasteiger partial charge on any atom is 0.320 e. The maximum absolute atomic E-state index is 11.2. The Morgan fingerprint density at radius 2 is 2.09 bits per heavy atom. The first-order chi connectivity index (χ1) is 11.1. The van der Waals surface area contributed by atoms with Crippen LogP contribution in [0.15, 0.2) is 24.3 Å². The molecule has 3 aliphatic heterocycles. The molecule has 5 nitrogen and oxygen atoms in total. The number of aromatic nitrogens is 1. The molecule has 1 aromatic carbocycles. The van der Waals surface area contributed by atoms with Gasteiger partial charge in [-0.05, 0) is 43.5 Å². The number of rotatable bonds is 4. The maximum atomic E-state index is 11.2. The van der Waals surface area contributed by atoms with Crippen LogP contribution in [0.2, 0.25) is 0 Å². The summed E-state index contributed by atoms with van der Waals surface area (Å²) >= 11 is 0. The van der Waals surface area contributed by atoms with Crippen LogP contribution in [0.1, 0.15) is 30.0 Å². The minimum absolute atomic E-state index is 0.387. The molecule has 2 atom stereocenters. The molecule has 0 spiro atoms. The van der Waals surface area contributed by atoms with Gasteiger partial charge in [-0.1, -0.05) is 18.2 Å². The van der Waals surface area contributed by atoms with Gasteiger partial charge in [-0.3, -0.25) is 4.79 Å². The van der Waals surface area contributed by atoms with Gasteiger partial charge in [-0.2, -0.15) is 0 Å². The van der Waals surface area contributed by atoms with E-state index in [-0.39, 0.29) is 0 Å². The minimum atomic E-state index is -0.935. The highest BCUT2D eigenvalue weighted by Crippen LogP contribution is 2.41. The van der Waals surface area contributed by atoms with Crippen LogP contribution in [-0.2, 0) is 11.2 Å². The minimum Gasteiger partial charge on any atom is -0.480 e. The van der Waals surface area contributed by atoms with Gasteiger partial charge >= 0.3 is 5.97 Å². The number of nitrogens with zero attached hydrogens (tertiary/aromatic N) is 1. The van der Waals surface area contributed by atoms with Crippen LogP contribution < -0.4 is 5.73 Å². The lowest BCUT2D eigenvalue weighted by atomic mass is 9.76. The molecule has 3 fully saturated rings. The molecule has 2 aromatic rings. The number of piperidine rings is 3. The number of H-pyrrole nitrogens is 1. The largest absolute Gasteiger partial charge is 0.480 e. The van der Waals surface area contributed by atoms with E-state index in [0.717, 1.165) is 23.0 Å². The van der Waals surface area contributed by atoms with Gasteiger partial charge in [-0.25, -0.2) is 0 Å². The van der Waals surface area contributed by atoms with Crippen LogP contribution in [-0.4, -0.2) is 46.6 Å². The molecule has 4 heterocycles. The molecule has 3 saturated heterocycles. The highest BCUT2D eigenvalue weighted by Gasteiger charge is 2.37. The fourth-order valence-corrected chi connectivity index (χ4v) is 4.36. The number of aliphatic carboxylic acids is 1. The molecule has 0 amide bonds. The Hall–Kier alpha value is -1.85. The zero-order valence-corrected chi connectivity index (χ0v) is 13.2. The molecule has 4 N–H and O–H groups in total. The van der Waals surface area contributed by atoms with Crippen molar-refractivity contribution in [2.45, 2.75) is 31.2 Å². The first-order valence-corrected chi connectivity index (χ1v) is 8.43. The van der Waals surface area contributed by atoms with Crippen molar-refractivity contribution in [2.75, 3.05) is 19.6 Å². The monoisotopic (exact) mass is 313 g/mol. The summed E-state index contributed by atoms with van der Waals surface area (Å²) in [5.41, 5.74) is 9.26. The van der Waals surface area contributed by atoms with Crippen LogP contribution in [0.3, 0.4) is 0 Å². The van der Waals surface area contributed by atoms with Crippen LogP contribution >= 0.6 is 0 Å². The number of fused-ring (bicyclic) bond motifs is 4. The number of aromatic amines is 1. The Labute approximate surface area is 135 Å². The van der Waals surface area contributed by atoms with Crippen molar-refractivity contribution in [1.29, 1.82) is 0 Å². The van der Waals surface area contributed by atoms with Crippen molar-refractivity contribution in [1.82, 2.24) is 9.88 Å². The third-order valence-electron chi connectivity index (χ3n) is 5.61. The van der Waals surface area contributed by atoms with Gasteiger partial charge < -0.3 is 20.7 Å². The Kier molecular flexibility index (Phi) is 3.62. The second-order valence-electron chi connectivity index (χ2n) is 6.96. The summed E-state index contributed by atoms with van der Waals surface area (Å²) in [5.74, 6) is 0.240. The summed E-state index contributed by atoms with van der Waals surface area (Å²) < 4.78 is 0. The van der Waals surface area contributed by atoms with Gasteiger partial charge in [0.25, 0.3) is 0 Å². The summed E-state index contributed by atoms with van der Waals surface area (Å²) in [5, 5.41) is 10.3. The van der Waals surface area contributed by atoms with Crippen molar-refractivity contribution in [3.05, 3.63) is 35.5 Å². The van der Waals surface area contributed by atoms with Crippen molar-refractivity contribution < 1.29 is 9.90 Å². The molecule has 122 valence electrons. The number of carboxylic acids is 1. The molecule has 2 unspecified atom stereocenters. The normalized spacial score (nSPS) is 28.1. The number of benzene rings is 1. The second kappa shape index (κ2) is 5.65. The van der Waals surface area contributed by atoms with E-state index in [1.165, 1.54) is 31.6 Å². The number of carboxylic acid groups (broad SMARTS) is 1. The quantitative estimate of drug-likeness (QED) is 0.805. The predicted octanol–water partition coefficient (Wildman–Crippen LogP) is 1.93. The molecule has 0 saturated carbocycles. The first kappa shape index (κ1) is 14.7. The summed E-state index contributed by atoms with van der Waals surface area (Å²) in [4.78, 5) is 17.3. The third kappa shape index (κ3) is 2.54. The predicted molar refractivity (Wildman–Crippen MR) is 89.5 cm³/mol. The van der Waals surface area contributed by atoms with E-state index in [0.29, 0.717) is 18.3 Å². The Bertz CT molecular complexity index is 731. The SMILES string of the molecule is NC(Cc1c(C2CN3CCC2CC3)[nH]c2ccccc12)C(=O)O. The lowest BCUT2D eigenvalue weighted by Crippen LogP contribution is -2.46. The van der Waals surface area contributed by atoms with Crippen molar-refractivity contribution in [2.24, 2.45) is 11.7 Å². The molecule has 1 aromatic heterocycles. The third-order valence-corrected chi connectivity index (χ3v) is 5.61. The number of carbonyl (C=O) groups is 1. The number of para-hydroxylation sites is 1. The lowest BCUT2D eigenvalue weighted by molar-refractivity contribution is -0.138. The van der Waals surface area contributed by atoms with E-state index >= 15 is 0 Å². The van der Waals surface area contributed by atoms with Gasteiger partial charge in [0, 0.05) is 35.5 Å². The highest BCUT2D eigenvalue weighted by molar-refractivity contribution is 5.86. The summed E-state index contributed by atoms with van der Waals surface area (Å²) in [7, 11) is 0. The molecule has 23 heavy (non-hydrogen) atoms. The topological polar surface area (TPSA) is 82.3 Å². The molecule has 0 aliphatic carbocycles. The zero-order valence-electron chi connectivity index (χ0n) is 13.2. The van der Waals surface area contributed by atoms with Crippen molar-refractivity contribution >= 4 is 16.9 Å². The van der Waals surface area contributed by atoms with E-state index in [9.17, 15) is 9.90 Å². The molecule has 3 aliphatic rings. The second-order valence-corrected chi connectivity index (χ2v) is 6.96. The van der Waals surface area contributed by atoms with E-state index in [1.54, 1.807) is 0 Å². The smallest absolute Gasteiger partial charge is 0.320 e. The Morgan fingerprint density at radius 1 is 1.35 bits per heavy atom. The average Bonchev–Trinajstić information content (AvgIpc) is 2.94. The van der Waals surface area contributed by atoms with Gasteiger partial charge in [0.05, 0.1) is 0 Å². The first-order valence-electron chi connectivity index (χ1n) is 8.43. The molecule has 5 rings (SSSR count). The van der Waals surface area contributed by atoms with E-state index < -0.39 is 12.0 Å². The Morgan fingerprint density at radius 3 is 2.74 bits per heavy atom. The zero-order chi connectivity index (χ0) is 16.0. The molecular formula is C18H23N3O2. The van der Waals surface area contributed by atoms with E-state index in [1.807, 2.05) is 12.1 Å². The van der Waals surface area contributed by atoms with Crippen LogP contribution in [0.4, 0.5) is 0 Å². The fourth-order valence-electron chi connectivity index (χ4n) is 4.36. The highest BCUT2D eigenvalue weighted by atomic mass is 16.4. The number of hydrogen-bond acceptors (Lipinski definition) is 3. The van der Waals surface area contributed by atoms with Gasteiger partial charge in [0.15, 0.2) is 0 Å². The average molecular weight is 313 g/mol. The van der Waals surface area contributed by atoms with Gasteiger partial charge in [0.1, 0.15) is 6.04 Å². The van der Waals surface area contributed by atoms with Crippen LogP contribution in [0.5, 0.6) is 0 Å². The van der Waals surface area contributed by atoms with Crippen LogP contribution in [0, 0.1) is 5.92 Å². The molecule has 2 bridgehead atoms. The van der Waals surface area contributed by atoms with Crippen LogP contribution in [0.25, 0.3) is 10.9 Å². The summed E-state index contributed by atoms with van der Waals surface area (Å²) in [6.07, 6.45) is 2.87. The number of hydrogen-bond donors (Lipinski definition) is 3. The van der Waals surface area contributed by atoms with Gasteiger partial charge in [-0.15, -0.1) is 0 Å². The number of nitrogens with two attached hydrogens (primary N) is 1. The lowest BCUT2D eigenvalue weighted by Gasteiger charge is -2.45. The fraction of sp³-hybridized carbons (Fsp3) is 0.500. The summed E-state index contributed by atoms with van der Waals surface area (Å²) in [6.45, 7) is 3.48. The van der Waals surface area contributed by atoms with E-state index in [4.69, 9.17) is 5.73 Å². The molecule has 5 heteroatoms. The number of nitrogens with one attached hydrogen (secondary N) is 1. The van der Waals surface area contributed by atoms with Crippen molar-refractivity contribution in [3.63, 3.8) is 0 Å². The van der Waals surface area contributed by atoms with E-state index in [2.05, 4.69) is 22.0 Å². The Balaban J connectivity index is 1.77.